The predicted molar refractivity (Wildman–Crippen MR) is 60.8 cm³/mol. The second-order valence-electron chi connectivity index (χ2n) is 3.56. The first-order chi connectivity index (χ1) is 6.99. The Balaban J connectivity index is 2.68. The summed E-state index contributed by atoms with van der Waals surface area (Å²) in [5, 5.41) is 0.563. The van der Waals surface area contributed by atoms with Crippen molar-refractivity contribution in [3.63, 3.8) is 0 Å². The van der Waals surface area contributed by atoms with E-state index in [9.17, 15) is 4.79 Å². The van der Waals surface area contributed by atoms with Gasteiger partial charge in [0.2, 0.25) is 0 Å². The standard InChI is InChI=1S/C11H14ClNO2/c1-7(2)15-11(14)5-8-3-4-9(12)6-10(8)13/h3-4,6-7H,5,13H2,1-2H3. The highest BCUT2D eigenvalue weighted by Crippen LogP contribution is 2.18. The van der Waals surface area contributed by atoms with Gasteiger partial charge in [-0.05, 0) is 31.5 Å². The Labute approximate surface area is 94.2 Å². The predicted octanol–water partition coefficient (Wildman–Crippen LogP) is 2.42. The van der Waals surface area contributed by atoms with Gasteiger partial charge in [0, 0.05) is 10.7 Å². The van der Waals surface area contributed by atoms with Gasteiger partial charge in [-0.3, -0.25) is 4.79 Å². The maximum absolute atomic E-state index is 11.3. The molecule has 0 fully saturated rings. The first kappa shape index (κ1) is 11.9. The zero-order chi connectivity index (χ0) is 11.4. The molecule has 15 heavy (non-hydrogen) atoms. The topological polar surface area (TPSA) is 52.3 Å². The fourth-order valence-corrected chi connectivity index (χ4v) is 1.37. The van der Waals surface area contributed by atoms with E-state index >= 15 is 0 Å². The summed E-state index contributed by atoms with van der Waals surface area (Å²) in [5.74, 6) is -0.279. The van der Waals surface area contributed by atoms with Gasteiger partial charge in [0.15, 0.2) is 0 Å². The third-order valence-corrected chi connectivity index (χ3v) is 2.04. The normalized spacial score (nSPS) is 10.4. The molecule has 0 aliphatic rings. The first-order valence-electron chi connectivity index (χ1n) is 4.72. The number of esters is 1. The Morgan fingerprint density at radius 2 is 2.20 bits per heavy atom. The molecule has 0 aliphatic heterocycles. The number of nitrogens with two attached hydrogens (primary N) is 1. The van der Waals surface area contributed by atoms with Crippen LogP contribution in [0, 0.1) is 0 Å². The molecule has 0 saturated carbocycles. The monoisotopic (exact) mass is 227 g/mol. The van der Waals surface area contributed by atoms with E-state index in [1.165, 1.54) is 0 Å². The van der Waals surface area contributed by atoms with Crippen LogP contribution in [0.15, 0.2) is 18.2 Å². The molecular formula is C11H14ClNO2. The lowest BCUT2D eigenvalue weighted by molar-refractivity contribution is -0.146. The Kier molecular flexibility index (Phi) is 3.97. The third kappa shape index (κ3) is 3.80. The quantitative estimate of drug-likeness (QED) is 0.637. The Morgan fingerprint density at radius 1 is 1.53 bits per heavy atom. The lowest BCUT2D eigenvalue weighted by Crippen LogP contribution is -2.14. The van der Waals surface area contributed by atoms with Crippen LogP contribution in [0.5, 0.6) is 0 Å². The number of carbonyl (C=O) groups is 1. The molecule has 3 nitrogen and oxygen atoms in total. The minimum atomic E-state index is -0.279. The Morgan fingerprint density at radius 3 is 2.73 bits per heavy atom. The van der Waals surface area contributed by atoms with Gasteiger partial charge in [0.25, 0.3) is 0 Å². The number of benzene rings is 1. The minimum absolute atomic E-state index is 0.106. The van der Waals surface area contributed by atoms with E-state index in [1.54, 1.807) is 18.2 Å². The van der Waals surface area contributed by atoms with Crippen LogP contribution < -0.4 is 5.73 Å². The van der Waals surface area contributed by atoms with Crippen LogP contribution >= 0.6 is 11.6 Å². The summed E-state index contributed by atoms with van der Waals surface area (Å²) in [6, 6.07) is 5.06. The molecule has 82 valence electrons. The van der Waals surface area contributed by atoms with Gasteiger partial charge in [0.05, 0.1) is 12.5 Å². The lowest BCUT2D eigenvalue weighted by Gasteiger charge is -2.09. The summed E-state index contributed by atoms with van der Waals surface area (Å²) in [7, 11) is 0. The van der Waals surface area contributed by atoms with Crippen LogP contribution in [0.3, 0.4) is 0 Å². The largest absolute Gasteiger partial charge is 0.463 e. The number of carbonyl (C=O) groups excluding carboxylic acids is 1. The van der Waals surface area contributed by atoms with Crippen LogP contribution in [-0.2, 0) is 16.0 Å². The van der Waals surface area contributed by atoms with Crippen molar-refractivity contribution in [2.24, 2.45) is 0 Å². The SMILES string of the molecule is CC(C)OC(=O)Cc1ccc(Cl)cc1N. The summed E-state index contributed by atoms with van der Waals surface area (Å²) in [4.78, 5) is 11.3. The molecule has 0 atom stereocenters. The number of nitrogen functional groups attached to an aromatic ring is 1. The number of ether oxygens (including phenoxy) is 1. The highest BCUT2D eigenvalue weighted by atomic mass is 35.5. The van der Waals surface area contributed by atoms with E-state index < -0.39 is 0 Å². The van der Waals surface area contributed by atoms with Crippen molar-refractivity contribution in [1.82, 2.24) is 0 Å². The van der Waals surface area contributed by atoms with E-state index in [1.807, 2.05) is 13.8 Å². The molecule has 0 bridgehead atoms. The molecule has 0 aliphatic carbocycles. The van der Waals surface area contributed by atoms with Gasteiger partial charge in [0.1, 0.15) is 0 Å². The maximum Gasteiger partial charge on any atom is 0.310 e. The molecule has 0 amide bonds. The fourth-order valence-electron chi connectivity index (χ4n) is 1.19. The fraction of sp³-hybridized carbons (Fsp3) is 0.364. The second-order valence-corrected chi connectivity index (χ2v) is 3.99. The van der Waals surface area contributed by atoms with Crippen molar-refractivity contribution in [1.29, 1.82) is 0 Å². The van der Waals surface area contributed by atoms with Gasteiger partial charge in [-0.1, -0.05) is 17.7 Å². The molecule has 1 rings (SSSR count). The number of halogens is 1. The van der Waals surface area contributed by atoms with E-state index in [0.717, 1.165) is 5.56 Å². The highest BCUT2D eigenvalue weighted by molar-refractivity contribution is 6.30. The zero-order valence-corrected chi connectivity index (χ0v) is 9.54. The molecule has 0 radical (unpaired) electrons. The minimum Gasteiger partial charge on any atom is -0.463 e. The molecule has 4 heteroatoms. The second kappa shape index (κ2) is 5.03. The highest BCUT2D eigenvalue weighted by Gasteiger charge is 2.09. The molecule has 2 N–H and O–H groups in total. The van der Waals surface area contributed by atoms with Crippen molar-refractivity contribution in [2.45, 2.75) is 26.4 Å². The van der Waals surface area contributed by atoms with Gasteiger partial charge in [-0.2, -0.15) is 0 Å². The van der Waals surface area contributed by atoms with E-state index in [2.05, 4.69) is 0 Å². The van der Waals surface area contributed by atoms with E-state index in [0.29, 0.717) is 10.7 Å². The van der Waals surface area contributed by atoms with E-state index in [4.69, 9.17) is 22.1 Å². The van der Waals surface area contributed by atoms with Crippen LogP contribution in [0.1, 0.15) is 19.4 Å². The molecule has 1 aromatic rings. The zero-order valence-electron chi connectivity index (χ0n) is 8.79. The Bertz CT molecular complexity index is 364. The molecular weight excluding hydrogens is 214 g/mol. The van der Waals surface area contributed by atoms with Gasteiger partial charge >= 0.3 is 5.97 Å². The van der Waals surface area contributed by atoms with Gasteiger partial charge in [-0.25, -0.2) is 0 Å². The summed E-state index contributed by atoms with van der Waals surface area (Å²) in [6.07, 6.45) is 0.0762. The molecule has 0 spiro atoms. The van der Waals surface area contributed by atoms with Crippen LogP contribution in [0.4, 0.5) is 5.69 Å². The van der Waals surface area contributed by atoms with Gasteiger partial charge in [-0.15, -0.1) is 0 Å². The first-order valence-corrected chi connectivity index (χ1v) is 5.10. The summed E-state index contributed by atoms with van der Waals surface area (Å²) in [5.41, 5.74) is 6.97. The molecule has 1 aromatic carbocycles. The third-order valence-electron chi connectivity index (χ3n) is 1.81. The summed E-state index contributed by atoms with van der Waals surface area (Å²) < 4.78 is 5.01. The van der Waals surface area contributed by atoms with Gasteiger partial charge < -0.3 is 10.5 Å². The molecule has 0 saturated heterocycles. The lowest BCUT2D eigenvalue weighted by atomic mass is 10.1. The average molecular weight is 228 g/mol. The number of hydrogen-bond donors (Lipinski definition) is 1. The number of rotatable bonds is 3. The number of anilines is 1. The van der Waals surface area contributed by atoms with Crippen molar-refractivity contribution in [3.05, 3.63) is 28.8 Å². The van der Waals surface area contributed by atoms with Crippen molar-refractivity contribution in [2.75, 3.05) is 5.73 Å². The van der Waals surface area contributed by atoms with Crippen LogP contribution in [0.2, 0.25) is 5.02 Å². The average Bonchev–Trinajstić information content (AvgIpc) is 2.08. The van der Waals surface area contributed by atoms with Crippen LogP contribution in [0.25, 0.3) is 0 Å². The van der Waals surface area contributed by atoms with Crippen molar-refractivity contribution >= 4 is 23.3 Å². The summed E-state index contributed by atoms with van der Waals surface area (Å²) in [6.45, 7) is 3.62. The molecule has 0 aromatic heterocycles. The van der Waals surface area contributed by atoms with Crippen molar-refractivity contribution < 1.29 is 9.53 Å². The summed E-state index contributed by atoms with van der Waals surface area (Å²) >= 11 is 5.74. The maximum atomic E-state index is 11.3. The van der Waals surface area contributed by atoms with E-state index in [-0.39, 0.29) is 18.5 Å². The van der Waals surface area contributed by atoms with Crippen LogP contribution in [-0.4, -0.2) is 12.1 Å². The Hall–Kier alpha value is -1.22. The number of hydrogen-bond acceptors (Lipinski definition) is 3. The molecule has 0 heterocycles. The molecule has 0 unspecified atom stereocenters. The smallest absolute Gasteiger partial charge is 0.310 e. The van der Waals surface area contributed by atoms with Crippen molar-refractivity contribution in [3.8, 4) is 0 Å².